The van der Waals surface area contributed by atoms with Crippen LogP contribution in [0.5, 0.6) is 0 Å². The Morgan fingerprint density at radius 3 is 2.18 bits per heavy atom. The molecule has 5 rings (SSSR count). The highest BCUT2D eigenvalue weighted by Gasteiger charge is 2.54. The number of hydrogen-bond acceptors (Lipinski definition) is 2. The van der Waals surface area contributed by atoms with Gasteiger partial charge in [0, 0.05) is 6.04 Å². The van der Waals surface area contributed by atoms with Gasteiger partial charge in [0.25, 0.3) is 12.9 Å². The van der Waals surface area contributed by atoms with Crippen LogP contribution in [0.3, 0.4) is 0 Å². The van der Waals surface area contributed by atoms with Gasteiger partial charge in [0.15, 0.2) is 0 Å². The standard InChI is InChI=1S/C20H27F4N3O/c1-2-16(20-7-11-3-12(8-20)5-13(4-11)9-20)25-17(28)10-27-15(19(23)24)6-14(26-27)18(21)22/h6,11-13,16,18-19H,2-5,7-10H2,1H3,(H,25,28). The molecule has 1 atom stereocenters. The lowest BCUT2D eigenvalue weighted by atomic mass is 9.47. The smallest absolute Gasteiger partial charge is 0.282 e. The molecule has 28 heavy (non-hydrogen) atoms. The largest absolute Gasteiger partial charge is 0.351 e. The maximum absolute atomic E-state index is 13.2. The number of alkyl halides is 4. The summed E-state index contributed by atoms with van der Waals surface area (Å²) < 4.78 is 52.7. The summed E-state index contributed by atoms with van der Waals surface area (Å²) >= 11 is 0. The second kappa shape index (κ2) is 7.34. The summed E-state index contributed by atoms with van der Waals surface area (Å²) in [5.74, 6) is 1.78. The lowest BCUT2D eigenvalue weighted by Gasteiger charge is -2.59. The van der Waals surface area contributed by atoms with Crippen molar-refractivity contribution in [3.63, 3.8) is 0 Å². The maximum atomic E-state index is 13.2. The van der Waals surface area contributed by atoms with Gasteiger partial charge in [-0.3, -0.25) is 9.48 Å². The Morgan fingerprint density at radius 1 is 1.14 bits per heavy atom. The fourth-order valence-corrected chi connectivity index (χ4v) is 6.53. The highest BCUT2D eigenvalue weighted by molar-refractivity contribution is 5.76. The number of aromatic nitrogens is 2. The summed E-state index contributed by atoms with van der Waals surface area (Å²) in [4.78, 5) is 12.6. The zero-order chi connectivity index (χ0) is 20.1. The summed E-state index contributed by atoms with van der Waals surface area (Å²) in [5, 5.41) is 6.57. The van der Waals surface area contributed by atoms with E-state index in [0.717, 1.165) is 43.4 Å². The van der Waals surface area contributed by atoms with E-state index < -0.39 is 36.7 Å². The molecule has 1 amide bonds. The first-order chi connectivity index (χ1) is 13.3. The molecule has 4 aliphatic rings. The third-order valence-electron chi connectivity index (χ3n) is 7.14. The fourth-order valence-electron chi connectivity index (χ4n) is 6.53. The molecule has 1 aromatic heterocycles. The molecule has 0 saturated heterocycles. The average molecular weight is 401 g/mol. The summed E-state index contributed by atoms with van der Waals surface area (Å²) in [5.41, 5.74) is -1.27. The van der Waals surface area contributed by atoms with Crippen LogP contribution >= 0.6 is 0 Å². The van der Waals surface area contributed by atoms with Crippen LogP contribution in [-0.2, 0) is 11.3 Å². The topological polar surface area (TPSA) is 46.9 Å². The Morgan fingerprint density at radius 2 is 1.71 bits per heavy atom. The van der Waals surface area contributed by atoms with Crippen molar-refractivity contribution in [1.29, 1.82) is 0 Å². The minimum absolute atomic E-state index is 0.00599. The van der Waals surface area contributed by atoms with E-state index in [1.54, 1.807) is 0 Å². The normalized spacial score (nSPS) is 32.3. The second-order valence-electron chi connectivity index (χ2n) is 9.06. The highest BCUT2D eigenvalue weighted by Crippen LogP contribution is 2.61. The predicted octanol–water partition coefficient (Wildman–Crippen LogP) is 4.87. The van der Waals surface area contributed by atoms with E-state index in [1.165, 1.54) is 19.3 Å². The minimum atomic E-state index is -2.96. The molecule has 4 nitrogen and oxygen atoms in total. The number of halogens is 4. The molecule has 0 aliphatic heterocycles. The van der Waals surface area contributed by atoms with E-state index in [0.29, 0.717) is 10.7 Å². The van der Waals surface area contributed by atoms with Gasteiger partial charge in [-0.25, -0.2) is 17.6 Å². The van der Waals surface area contributed by atoms with Crippen LogP contribution in [-0.4, -0.2) is 21.7 Å². The number of carbonyl (C=O) groups is 1. The number of hydrogen-bond donors (Lipinski definition) is 1. The zero-order valence-electron chi connectivity index (χ0n) is 16.0. The molecular weight excluding hydrogens is 374 g/mol. The van der Waals surface area contributed by atoms with E-state index in [4.69, 9.17) is 0 Å². The van der Waals surface area contributed by atoms with E-state index in [-0.39, 0.29) is 11.5 Å². The fraction of sp³-hybridized carbons (Fsp3) is 0.800. The van der Waals surface area contributed by atoms with E-state index in [1.807, 2.05) is 6.92 Å². The molecule has 1 unspecified atom stereocenters. The molecule has 4 aliphatic carbocycles. The SMILES string of the molecule is CCC(NC(=O)Cn1nc(C(F)F)cc1C(F)F)C12CC3CC(CC(C3)C1)C2. The van der Waals surface area contributed by atoms with E-state index >= 15 is 0 Å². The Balaban J connectivity index is 1.47. The molecule has 1 heterocycles. The molecule has 0 aromatic carbocycles. The minimum Gasteiger partial charge on any atom is -0.351 e. The summed E-state index contributed by atoms with van der Waals surface area (Å²) in [6.45, 7) is 1.58. The maximum Gasteiger partial charge on any atom is 0.282 e. The first kappa shape index (κ1) is 19.7. The van der Waals surface area contributed by atoms with Crippen molar-refractivity contribution in [2.45, 2.75) is 77.3 Å². The van der Waals surface area contributed by atoms with Gasteiger partial charge in [0.1, 0.15) is 17.9 Å². The molecule has 0 radical (unpaired) electrons. The number of rotatable bonds is 7. The van der Waals surface area contributed by atoms with Gasteiger partial charge >= 0.3 is 0 Å². The van der Waals surface area contributed by atoms with Crippen LogP contribution in [0.15, 0.2) is 6.07 Å². The van der Waals surface area contributed by atoms with Crippen molar-refractivity contribution >= 4 is 5.91 Å². The van der Waals surface area contributed by atoms with E-state index in [9.17, 15) is 22.4 Å². The van der Waals surface area contributed by atoms with Gasteiger partial charge in [-0.2, -0.15) is 5.10 Å². The molecule has 4 saturated carbocycles. The van der Waals surface area contributed by atoms with Crippen molar-refractivity contribution in [3.8, 4) is 0 Å². The summed E-state index contributed by atoms with van der Waals surface area (Å²) in [6.07, 6.45) is 2.13. The van der Waals surface area contributed by atoms with Crippen LogP contribution in [0.2, 0.25) is 0 Å². The van der Waals surface area contributed by atoms with Gasteiger partial charge in [-0.1, -0.05) is 6.92 Å². The van der Waals surface area contributed by atoms with Crippen LogP contribution < -0.4 is 5.32 Å². The van der Waals surface area contributed by atoms with Crippen molar-refractivity contribution in [1.82, 2.24) is 15.1 Å². The Hall–Kier alpha value is -1.60. The molecule has 156 valence electrons. The second-order valence-corrected chi connectivity index (χ2v) is 9.06. The average Bonchev–Trinajstić information content (AvgIpc) is 3.02. The summed E-state index contributed by atoms with van der Waals surface area (Å²) in [7, 11) is 0. The Kier molecular flexibility index (Phi) is 5.16. The van der Waals surface area contributed by atoms with Gasteiger partial charge in [-0.15, -0.1) is 0 Å². The lowest BCUT2D eigenvalue weighted by molar-refractivity contribution is -0.127. The zero-order valence-corrected chi connectivity index (χ0v) is 16.0. The third-order valence-corrected chi connectivity index (χ3v) is 7.14. The lowest BCUT2D eigenvalue weighted by Crippen LogP contribution is -2.57. The first-order valence-corrected chi connectivity index (χ1v) is 10.2. The molecule has 1 aromatic rings. The number of nitrogens with one attached hydrogen (secondary N) is 1. The molecule has 4 fully saturated rings. The number of nitrogens with zero attached hydrogens (tertiary/aromatic N) is 2. The quantitative estimate of drug-likeness (QED) is 0.663. The van der Waals surface area contributed by atoms with Crippen LogP contribution in [0.4, 0.5) is 17.6 Å². The van der Waals surface area contributed by atoms with Crippen molar-refractivity contribution in [2.24, 2.45) is 23.2 Å². The molecule has 0 spiro atoms. The van der Waals surface area contributed by atoms with Crippen molar-refractivity contribution < 1.29 is 22.4 Å². The Bertz CT molecular complexity index is 698. The van der Waals surface area contributed by atoms with Gasteiger partial charge < -0.3 is 5.32 Å². The Labute approximate surface area is 162 Å². The van der Waals surface area contributed by atoms with Crippen molar-refractivity contribution in [2.75, 3.05) is 0 Å². The first-order valence-electron chi connectivity index (χ1n) is 10.2. The van der Waals surface area contributed by atoms with Gasteiger partial charge in [0.2, 0.25) is 5.91 Å². The van der Waals surface area contributed by atoms with Gasteiger partial charge in [-0.05, 0) is 74.2 Å². The molecule has 4 bridgehead atoms. The van der Waals surface area contributed by atoms with E-state index in [2.05, 4.69) is 10.4 Å². The van der Waals surface area contributed by atoms with Crippen LogP contribution in [0.1, 0.15) is 76.1 Å². The monoisotopic (exact) mass is 401 g/mol. The third kappa shape index (κ3) is 3.54. The molecule has 1 N–H and O–H groups in total. The number of carbonyl (C=O) groups excluding carboxylic acids is 1. The van der Waals surface area contributed by atoms with Gasteiger partial charge in [0.05, 0.1) is 0 Å². The highest BCUT2D eigenvalue weighted by atomic mass is 19.3. The summed E-state index contributed by atoms with van der Waals surface area (Å²) in [6, 6.07) is 0.674. The molecule has 8 heteroatoms. The number of amides is 1. The predicted molar refractivity (Wildman–Crippen MR) is 95.0 cm³/mol. The molecular formula is C20H27F4N3O. The van der Waals surface area contributed by atoms with Crippen molar-refractivity contribution in [3.05, 3.63) is 17.5 Å². The van der Waals surface area contributed by atoms with Crippen LogP contribution in [0, 0.1) is 23.2 Å². The van der Waals surface area contributed by atoms with Crippen LogP contribution in [0.25, 0.3) is 0 Å².